The van der Waals surface area contributed by atoms with E-state index in [0.29, 0.717) is 26.4 Å². The fraction of sp³-hybridized carbons (Fsp3) is 1.00. The van der Waals surface area contributed by atoms with Crippen LogP contribution in [0.3, 0.4) is 0 Å². The van der Waals surface area contributed by atoms with Crippen LogP contribution in [0.2, 0.25) is 0 Å². The first-order valence-corrected chi connectivity index (χ1v) is 4.02. The molecule has 0 saturated heterocycles. The normalized spacial score (nSPS) is 11.0. The van der Waals surface area contributed by atoms with Crippen molar-refractivity contribution < 1.29 is 18.9 Å². The fourth-order valence-electron chi connectivity index (χ4n) is 0.643. The Bertz CT molecular complexity index is 77.1. The Morgan fingerprint density at radius 3 is 1.58 bits per heavy atom. The first-order valence-electron chi connectivity index (χ1n) is 4.02. The lowest BCUT2D eigenvalue weighted by Crippen LogP contribution is -2.18. The Hall–Kier alpha value is -0.160. The van der Waals surface area contributed by atoms with Crippen molar-refractivity contribution in [1.82, 2.24) is 0 Å². The molecule has 0 aliphatic rings. The first-order chi connectivity index (χ1) is 5.81. The zero-order chi connectivity index (χ0) is 9.23. The molecular formula is C8H18O4. The minimum absolute atomic E-state index is 0.185. The van der Waals surface area contributed by atoms with E-state index in [1.165, 1.54) is 0 Å². The van der Waals surface area contributed by atoms with Gasteiger partial charge in [0.05, 0.1) is 26.4 Å². The Kier molecular flexibility index (Phi) is 8.81. The Morgan fingerprint density at radius 1 is 0.833 bits per heavy atom. The van der Waals surface area contributed by atoms with E-state index in [0.717, 1.165) is 0 Å². The summed E-state index contributed by atoms with van der Waals surface area (Å²) in [7, 11) is 3.28. The highest BCUT2D eigenvalue weighted by molar-refractivity contribution is 4.34. The van der Waals surface area contributed by atoms with E-state index in [1.54, 1.807) is 14.2 Å². The zero-order valence-electron chi connectivity index (χ0n) is 8.04. The molecule has 4 heteroatoms. The first kappa shape index (κ1) is 11.8. The lowest BCUT2D eigenvalue weighted by atomic mass is 10.7. The molecule has 0 aromatic carbocycles. The van der Waals surface area contributed by atoms with Crippen LogP contribution in [0.15, 0.2) is 0 Å². The van der Waals surface area contributed by atoms with E-state index in [1.807, 2.05) is 6.92 Å². The van der Waals surface area contributed by atoms with Crippen LogP contribution in [0.1, 0.15) is 6.92 Å². The molecule has 0 aromatic rings. The maximum absolute atomic E-state index is 5.23. The second-order valence-corrected chi connectivity index (χ2v) is 2.29. The van der Waals surface area contributed by atoms with Gasteiger partial charge in [-0.3, -0.25) is 0 Å². The van der Waals surface area contributed by atoms with Crippen LogP contribution in [0, 0.1) is 0 Å². The molecule has 0 rings (SSSR count). The minimum Gasteiger partial charge on any atom is -0.382 e. The van der Waals surface area contributed by atoms with E-state index >= 15 is 0 Å². The summed E-state index contributed by atoms with van der Waals surface area (Å²) < 4.78 is 20.1. The molecular weight excluding hydrogens is 160 g/mol. The van der Waals surface area contributed by atoms with E-state index in [2.05, 4.69) is 0 Å². The molecule has 0 N–H and O–H groups in total. The molecule has 0 bridgehead atoms. The number of rotatable bonds is 8. The van der Waals surface area contributed by atoms with Crippen LogP contribution >= 0.6 is 0 Å². The number of methoxy groups -OCH3 is 2. The number of ether oxygens (including phenoxy) is 4. The van der Waals surface area contributed by atoms with Crippen LogP contribution in [0.5, 0.6) is 0 Å². The predicted octanol–water partition coefficient (Wildman–Crippen LogP) is 0.658. The van der Waals surface area contributed by atoms with Gasteiger partial charge in [0.25, 0.3) is 0 Å². The Morgan fingerprint density at radius 2 is 1.25 bits per heavy atom. The van der Waals surface area contributed by atoms with Crippen molar-refractivity contribution in [3.05, 3.63) is 0 Å². The molecule has 4 nitrogen and oxygen atoms in total. The van der Waals surface area contributed by atoms with Crippen molar-refractivity contribution in [3.63, 3.8) is 0 Å². The molecule has 0 amide bonds. The summed E-state index contributed by atoms with van der Waals surface area (Å²) in [5, 5.41) is 0. The van der Waals surface area contributed by atoms with Gasteiger partial charge < -0.3 is 18.9 Å². The van der Waals surface area contributed by atoms with Gasteiger partial charge in [-0.25, -0.2) is 0 Å². The molecule has 12 heavy (non-hydrogen) atoms. The third-order valence-electron chi connectivity index (χ3n) is 1.28. The van der Waals surface area contributed by atoms with Crippen LogP contribution in [0.25, 0.3) is 0 Å². The van der Waals surface area contributed by atoms with E-state index in [4.69, 9.17) is 18.9 Å². The van der Waals surface area contributed by atoms with Crippen molar-refractivity contribution in [3.8, 4) is 0 Å². The van der Waals surface area contributed by atoms with Gasteiger partial charge in [-0.2, -0.15) is 0 Å². The van der Waals surface area contributed by atoms with Crippen LogP contribution < -0.4 is 0 Å². The molecule has 0 saturated carbocycles. The standard InChI is InChI=1S/C8H18O4/c1-8(11-6-4-9-2)12-7-5-10-3/h8H,4-7H2,1-3H3. The largest absolute Gasteiger partial charge is 0.382 e. The molecule has 0 radical (unpaired) electrons. The van der Waals surface area contributed by atoms with E-state index < -0.39 is 0 Å². The summed E-state index contributed by atoms with van der Waals surface area (Å²) in [5.74, 6) is 0. The van der Waals surface area contributed by atoms with Gasteiger partial charge >= 0.3 is 0 Å². The Labute approximate surface area is 73.7 Å². The highest BCUT2D eigenvalue weighted by atomic mass is 16.7. The van der Waals surface area contributed by atoms with Gasteiger partial charge in [-0.1, -0.05) is 0 Å². The number of hydrogen-bond donors (Lipinski definition) is 0. The highest BCUT2D eigenvalue weighted by Gasteiger charge is 1.99. The molecule has 0 aromatic heterocycles. The average molecular weight is 178 g/mol. The molecule has 0 aliphatic heterocycles. The maximum atomic E-state index is 5.23. The summed E-state index contributed by atoms with van der Waals surface area (Å²) in [4.78, 5) is 0. The zero-order valence-corrected chi connectivity index (χ0v) is 8.04. The van der Waals surface area contributed by atoms with Gasteiger partial charge in [0.15, 0.2) is 6.29 Å². The molecule has 0 atom stereocenters. The van der Waals surface area contributed by atoms with E-state index in [9.17, 15) is 0 Å². The molecule has 0 spiro atoms. The third kappa shape index (κ3) is 7.94. The fourth-order valence-corrected chi connectivity index (χ4v) is 0.643. The van der Waals surface area contributed by atoms with Gasteiger partial charge in [0.1, 0.15) is 0 Å². The lowest BCUT2D eigenvalue weighted by molar-refractivity contribution is -0.144. The molecule has 74 valence electrons. The van der Waals surface area contributed by atoms with Gasteiger partial charge in [-0.05, 0) is 6.92 Å². The highest BCUT2D eigenvalue weighted by Crippen LogP contribution is 1.92. The van der Waals surface area contributed by atoms with Gasteiger partial charge in [-0.15, -0.1) is 0 Å². The van der Waals surface area contributed by atoms with Crippen molar-refractivity contribution in [2.24, 2.45) is 0 Å². The van der Waals surface area contributed by atoms with Crippen LogP contribution in [0.4, 0.5) is 0 Å². The SMILES string of the molecule is COCCOC(C)OCCOC. The van der Waals surface area contributed by atoms with Gasteiger partial charge in [0, 0.05) is 14.2 Å². The summed E-state index contributed by atoms with van der Waals surface area (Å²) in [6.45, 7) is 4.16. The molecule has 0 heterocycles. The van der Waals surface area contributed by atoms with Gasteiger partial charge in [0.2, 0.25) is 0 Å². The number of hydrogen-bond acceptors (Lipinski definition) is 4. The topological polar surface area (TPSA) is 36.9 Å². The monoisotopic (exact) mass is 178 g/mol. The average Bonchev–Trinajstić information content (AvgIpc) is 2.06. The Balaban J connectivity index is 3.04. The van der Waals surface area contributed by atoms with E-state index in [-0.39, 0.29) is 6.29 Å². The third-order valence-corrected chi connectivity index (χ3v) is 1.28. The lowest BCUT2D eigenvalue weighted by Gasteiger charge is -2.13. The van der Waals surface area contributed by atoms with Crippen molar-refractivity contribution in [1.29, 1.82) is 0 Å². The maximum Gasteiger partial charge on any atom is 0.155 e. The second-order valence-electron chi connectivity index (χ2n) is 2.29. The van der Waals surface area contributed by atoms with Crippen molar-refractivity contribution in [2.45, 2.75) is 13.2 Å². The quantitative estimate of drug-likeness (QED) is 0.404. The summed E-state index contributed by atoms with van der Waals surface area (Å²) >= 11 is 0. The summed E-state index contributed by atoms with van der Waals surface area (Å²) in [6, 6.07) is 0. The molecule has 0 aliphatic carbocycles. The van der Waals surface area contributed by atoms with Crippen molar-refractivity contribution >= 4 is 0 Å². The van der Waals surface area contributed by atoms with Crippen LogP contribution in [-0.2, 0) is 18.9 Å². The molecule has 0 unspecified atom stereocenters. The van der Waals surface area contributed by atoms with Crippen molar-refractivity contribution in [2.75, 3.05) is 40.6 Å². The summed E-state index contributed by atoms with van der Waals surface area (Å²) in [5.41, 5.74) is 0. The molecule has 0 fully saturated rings. The summed E-state index contributed by atoms with van der Waals surface area (Å²) in [6.07, 6.45) is -0.185. The smallest absolute Gasteiger partial charge is 0.155 e. The van der Waals surface area contributed by atoms with Crippen LogP contribution in [-0.4, -0.2) is 46.9 Å². The predicted molar refractivity (Wildman–Crippen MR) is 45.1 cm³/mol. The second kappa shape index (κ2) is 8.93. The minimum atomic E-state index is -0.185.